The van der Waals surface area contributed by atoms with Crippen LogP contribution in [0.1, 0.15) is 42.6 Å². The third-order valence-corrected chi connectivity index (χ3v) is 2.95. The Bertz CT molecular complexity index is 497. The predicted molar refractivity (Wildman–Crippen MR) is 67.2 cm³/mol. The molecule has 1 nitrogen and oxygen atoms in total. The third kappa shape index (κ3) is 1.85. The minimum absolute atomic E-state index is 0.135. The lowest BCUT2D eigenvalue weighted by Gasteiger charge is -2.03. The van der Waals surface area contributed by atoms with Crippen LogP contribution in [0.15, 0.2) is 36.4 Å². The van der Waals surface area contributed by atoms with Crippen molar-refractivity contribution in [1.82, 2.24) is 0 Å². The SMILES string of the molecule is CC(=O)c1ccc2cccc(C(C)C)cc1-2. The molecule has 82 valence electrons. The van der Waals surface area contributed by atoms with Crippen molar-refractivity contribution in [3.05, 3.63) is 47.5 Å². The van der Waals surface area contributed by atoms with Crippen LogP contribution in [0, 0.1) is 0 Å². The van der Waals surface area contributed by atoms with Crippen molar-refractivity contribution in [3.63, 3.8) is 0 Å². The Labute approximate surface area is 96.5 Å². The molecular formula is C15H16O. The van der Waals surface area contributed by atoms with Gasteiger partial charge >= 0.3 is 0 Å². The molecule has 0 unspecified atom stereocenters. The van der Waals surface area contributed by atoms with Crippen molar-refractivity contribution < 1.29 is 4.79 Å². The molecule has 0 bridgehead atoms. The minimum atomic E-state index is 0.135. The quantitative estimate of drug-likeness (QED) is 0.684. The lowest BCUT2D eigenvalue weighted by Crippen LogP contribution is -1.91. The second-order valence-electron chi connectivity index (χ2n) is 4.50. The van der Waals surface area contributed by atoms with Gasteiger partial charge in [-0.15, -0.1) is 0 Å². The van der Waals surface area contributed by atoms with E-state index in [0.717, 1.165) is 16.7 Å². The highest BCUT2D eigenvalue weighted by molar-refractivity contribution is 6.02. The maximum Gasteiger partial charge on any atom is 0.160 e. The average Bonchev–Trinajstić information content (AvgIpc) is 2.48. The summed E-state index contributed by atoms with van der Waals surface area (Å²) in [5.74, 6) is 0.612. The molecule has 2 aliphatic carbocycles. The summed E-state index contributed by atoms with van der Waals surface area (Å²) in [6.45, 7) is 5.95. The van der Waals surface area contributed by atoms with E-state index in [4.69, 9.17) is 0 Å². The van der Waals surface area contributed by atoms with E-state index in [2.05, 4.69) is 38.1 Å². The van der Waals surface area contributed by atoms with Crippen LogP contribution >= 0.6 is 0 Å². The molecular weight excluding hydrogens is 196 g/mol. The van der Waals surface area contributed by atoms with Gasteiger partial charge in [-0.3, -0.25) is 4.79 Å². The second-order valence-corrected chi connectivity index (χ2v) is 4.50. The largest absolute Gasteiger partial charge is 0.294 e. The number of Topliss-reactive ketones (excluding diaryl/α,β-unsaturated/α-hetero) is 1. The number of fused-ring (bicyclic) bond motifs is 1. The zero-order valence-corrected chi connectivity index (χ0v) is 9.95. The first-order chi connectivity index (χ1) is 7.59. The van der Waals surface area contributed by atoms with E-state index in [1.54, 1.807) is 6.92 Å². The molecule has 0 fully saturated rings. The van der Waals surface area contributed by atoms with Crippen molar-refractivity contribution in [3.8, 4) is 11.1 Å². The molecule has 0 heterocycles. The number of hydrogen-bond acceptors (Lipinski definition) is 1. The molecule has 1 heteroatoms. The molecule has 0 amide bonds. The molecule has 2 rings (SSSR count). The van der Waals surface area contributed by atoms with Gasteiger partial charge in [-0.1, -0.05) is 50.2 Å². The molecule has 0 N–H and O–H groups in total. The maximum absolute atomic E-state index is 11.5. The summed E-state index contributed by atoms with van der Waals surface area (Å²) in [4.78, 5) is 11.5. The Morgan fingerprint density at radius 1 is 1.12 bits per heavy atom. The molecule has 0 aliphatic heterocycles. The minimum Gasteiger partial charge on any atom is -0.294 e. The molecule has 0 spiro atoms. The summed E-state index contributed by atoms with van der Waals surface area (Å²) in [6, 6.07) is 12.3. The number of carbonyl (C=O) groups excluding carboxylic acids is 1. The average molecular weight is 212 g/mol. The van der Waals surface area contributed by atoms with Gasteiger partial charge in [0.2, 0.25) is 0 Å². The Balaban J connectivity index is 2.66. The number of ketones is 1. The zero-order chi connectivity index (χ0) is 11.7. The lowest BCUT2D eigenvalue weighted by atomic mass is 10.0. The van der Waals surface area contributed by atoms with Gasteiger partial charge in [-0.05, 0) is 29.5 Å². The molecule has 0 aromatic rings. The van der Waals surface area contributed by atoms with Crippen molar-refractivity contribution in [2.24, 2.45) is 0 Å². The van der Waals surface area contributed by atoms with Gasteiger partial charge in [0.25, 0.3) is 0 Å². The molecule has 0 saturated heterocycles. The topological polar surface area (TPSA) is 17.1 Å². The predicted octanol–water partition coefficient (Wildman–Crippen LogP) is 4.12. The molecule has 0 aromatic heterocycles. The van der Waals surface area contributed by atoms with Gasteiger partial charge in [-0.25, -0.2) is 0 Å². The van der Waals surface area contributed by atoms with Crippen molar-refractivity contribution in [2.45, 2.75) is 26.7 Å². The molecule has 0 saturated carbocycles. The second kappa shape index (κ2) is 4.09. The lowest BCUT2D eigenvalue weighted by molar-refractivity contribution is 0.101. The highest BCUT2D eigenvalue weighted by Gasteiger charge is 2.12. The number of rotatable bonds is 2. The van der Waals surface area contributed by atoms with E-state index in [0.29, 0.717) is 5.92 Å². The summed E-state index contributed by atoms with van der Waals surface area (Å²) in [5.41, 5.74) is 4.30. The van der Waals surface area contributed by atoms with Gasteiger partial charge in [0, 0.05) is 5.56 Å². The smallest absolute Gasteiger partial charge is 0.160 e. The fourth-order valence-corrected chi connectivity index (χ4v) is 1.96. The van der Waals surface area contributed by atoms with E-state index < -0.39 is 0 Å². The van der Waals surface area contributed by atoms with Gasteiger partial charge < -0.3 is 0 Å². The van der Waals surface area contributed by atoms with Crippen LogP contribution in [0.3, 0.4) is 0 Å². The maximum atomic E-state index is 11.5. The Morgan fingerprint density at radius 3 is 2.50 bits per heavy atom. The Hall–Kier alpha value is -1.63. The number of carbonyl (C=O) groups is 1. The van der Waals surface area contributed by atoms with E-state index in [1.165, 1.54) is 5.56 Å². The van der Waals surface area contributed by atoms with Gasteiger partial charge in [0.15, 0.2) is 5.78 Å². The zero-order valence-electron chi connectivity index (χ0n) is 9.95. The number of hydrogen-bond donors (Lipinski definition) is 0. The Kier molecular flexibility index (Phi) is 2.78. The van der Waals surface area contributed by atoms with Crippen LogP contribution in [-0.2, 0) is 0 Å². The molecule has 0 radical (unpaired) electrons. The molecule has 16 heavy (non-hydrogen) atoms. The fourth-order valence-electron chi connectivity index (χ4n) is 1.96. The van der Waals surface area contributed by atoms with Crippen LogP contribution in [0.25, 0.3) is 11.1 Å². The van der Waals surface area contributed by atoms with E-state index in [1.807, 2.05) is 12.1 Å². The first-order valence-electron chi connectivity index (χ1n) is 5.63. The first kappa shape index (κ1) is 10.9. The summed E-state index contributed by atoms with van der Waals surface area (Å²) in [7, 11) is 0. The highest BCUT2D eigenvalue weighted by atomic mass is 16.1. The van der Waals surface area contributed by atoms with Crippen molar-refractivity contribution >= 4 is 5.78 Å². The summed E-state index contributed by atoms with van der Waals surface area (Å²) < 4.78 is 0. The van der Waals surface area contributed by atoms with E-state index in [-0.39, 0.29) is 5.78 Å². The van der Waals surface area contributed by atoms with Crippen molar-refractivity contribution in [1.29, 1.82) is 0 Å². The van der Waals surface area contributed by atoms with Gasteiger partial charge in [0.05, 0.1) is 0 Å². The van der Waals surface area contributed by atoms with E-state index in [9.17, 15) is 4.79 Å². The monoisotopic (exact) mass is 212 g/mol. The molecule has 0 atom stereocenters. The molecule has 2 aliphatic rings. The normalized spacial score (nSPS) is 11.0. The van der Waals surface area contributed by atoms with Crippen LogP contribution < -0.4 is 0 Å². The van der Waals surface area contributed by atoms with Crippen LogP contribution in [0.2, 0.25) is 0 Å². The summed E-state index contributed by atoms with van der Waals surface area (Å²) in [6.07, 6.45) is 0. The summed E-state index contributed by atoms with van der Waals surface area (Å²) >= 11 is 0. The third-order valence-electron chi connectivity index (χ3n) is 2.95. The first-order valence-corrected chi connectivity index (χ1v) is 5.63. The molecule has 0 aromatic carbocycles. The van der Waals surface area contributed by atoms with Gasteiger partial charge in [0.1, 0.15) is 0 Å². The van der Waals surface area contributed by atoms with Crippen LogP contribution in [-0.4, -0.2) is 5.78 Å². The highest BCUT2D eigenvalue weighted by Crippen LogP contribution is 2.30. The van der Waals surface area contributed by atoms with Crippen LogP contribution in [0.4, 0.5) is 0 Å². The van der Waals surface area contributed by atoms with Crippen molar-refractivity contribution in [2.75, 3.05) is 0 Å². The summed E-state index contributed by atoms with van der Waals surface area (Å²) in [5, 5.41) is 0. The van der Waals surface area contributed by atoms with Gasteiger partial charge in [-0.2, -0.15) is 0 Å². The van der Waals surface area contributed by atoms with Crippen LogP contribution in [0.5, 0.6) is 0 Å². The standard InChI is InChI=1S/C15H16O/c1-10(2)13-6-4-5-12-7-8-14(11(3)16)15(12)9-13/h4-10H,1-3H3. The Morgan fingerprint density at radius 2 is 1.88 bits per heavy atom. The van der Waals surface area contributed by atoms with E-state index >= 15 is 0 Å². The fraction of sp³-hybridized carbons (Fsp3) is 0.267.